The minimum atomic E-state index is -0.410. The molecule has 7 heteroatoms. The third kappa shape index (κ3) is 5.63. The second-order valence-corrected chi connectivity index (χ2v) is 7.13. The van der Waals surface area contributed by atoms with Gasteiger partial charge < -0.3 is 20.1 Å². The van der Waals surface area contributed by atoms with E-state index in [1.54, 1.807) is 18.2 Å². The third-order valence-electron chi connectivity index (χ3n) is 4.89. The van der Waals surface area contributed by atoms with E-state index in [-0.39, 0.29) is 18.3 Å². The molecule has 0 aliphatic rings. The molecule has 0 aliphatic carbocycles. The van der Waals surface area contributed by atoms with Gasteiger partial charge in [0.1, 0.15) is 5.82 Å². The summed E-state index contributed by atoms with van der Waals surface area (Å²) in [4.78, 5) is 24.9. The summed E-state index contributed by atoms with van der Waals surface area (Å²) < 4.78 is 23.9. The zero-order chi connectivity index (χ0) is 23.1. The summed E-state index contributed by atoms with van der Waals surface area (Å²) in [7, 11) is 1.46. The number of benzene rings is 3. The van der Waals surface area contributed by atoms with Gasteiger partial charge in [0, 0.05) is 16.9 Å². The number of amides is 2. The molecule has 0 bridgehead atoms. The highest BCUT2D eigenvalue weighted by Gasteiger charge is 2.15. The molecule has 0 saturated carbocycles. The Hall–Kier alpha value is -3.87. The van der Waals surface area contributed by atoms with E-state index in [0.29, 0.717) is 22.7 Å². The smallest absolute Gasteiger partial charge is 0.262 e. The van der Waals surface area contributed by atoms with Gasteiger partial charge in [-0.25, -0.2) is 4.39 Å². The number of carbonyl (C=O) groups excluding carboxylic acids is 2. The van der Waals surface area contributed by atoms with Gasteiger partial charge in [-0.1, -0.05) is 25.1 Å². The van der Waals surface area contributed by atoms with Crippen LogP contribution < -0.4 is 20.1 Å². The van der Waals surface area contributed by atoms with Crippen LogP contribution in [0.5, 0.6) is 11.5 Å². The van der Waals surface area contributed by atoms with E-state index in [0.717, 1.165) is 23.2 Å². The van der Waals surface area contributed by atoms with Crippen molar-refractivity contribution < 1.29 is 23.5 Å². The third-order valence-corrected chi connectivity index (χ3v) is 4.89. The van der Waals surface area contributed by atoms with Crippen molar-refractivity contribution in [1.29, 1.82) is 0 Å². The van der Waals surface area contributed by atoms with E-state index in [4.69, 9.17) is 9.47 Å². The average Bonchev–Trinajstić information content (AvgIpc) is 2.80. The minimum Gasteiger partial charge on any atom is -0.493 e. The number of halogens is 1. The molecule has 6 nitrogen and oxygen atoms in total. The highest BCUT2D eigenvalue weighted by molar-refractivity contribution is 6.05. The molecule has 166 valence electrons. The number of hydrogen-bond acceptors (Lipinski definition) is 4. The molecule has 3 rings (SSSR count). The fraction of sp³-hybridized carbons (Fsp3) is 0.200. The van der Waals surface area contributed by atoms with Gasteiger partial charge in [0.15, 0.2) is 18.1 Å². The monoisotopic (exact) mass is 436 g/mol. The van der Waals surface area contributed by atoms with Crippen LogP contribution >= 0.6 is 0 Å². The van der Waals surface area contributed by atoms with Gasteiger partial charge in [0.2, 0.25) is 0 Å². The summed E-state index contributed by atoms with van der Waals surface area (Å²) in [6.45, 7) is 3.71. The maximum absolute atomic E-state index is 13.0. The molecule has 0 saturated heterocycles. The number of anilines is 2. The zero-order valence-electron chi connectivity index (χ0n) is 18.2. The lowest BCUT2D eigenvalue weighted by atomic mass is 10.1. The lowest BCUT2D eigenvalue weighted by molar-refractivity contribution is -0.118. The minimum absolute atomic E-state index is 0.270. The highest BCUT2D eigenvalue weighted by Crippen LogP contribution is 2.29. The first kappa shape index (κ1) is 22.8. The molecule has 3 aromatic carbocycles. The summed E-state index contributed by atoms with van der Waals surface area (Å²) >= 11 is 0. The molecule has 0 aromatic heterocycles. The van der Waals surface area contributed by atoms with E-state index in [1.165, 1.54) is 31.4 Å². The van der Waals surface area contributed by atoms with Crippen molar-refractivity contribution in [3.63, 3.8) is 0 Å². The van der Waals surface area contributed by atoms with E-state index in [9.17, 15) is 14.0 Å². The first-order valence-electron chi connectivity index (χ1n) is 10.2. The van der Waals surface area contributed by atoms with E-state index >= 15 is 0 Å². The van der Waals surface area contributed by atoms with Crippen molar-refractivity contribution in [2.75, 3.05) is 24.4 Å². The number of para-hydroxylation sites is 1. The Labute approximate surface area is 186 Å². The SMILES string of the molecule is CCc1cccc(C)c1NC(=O)c1ccc(OCC(=O)Nc2ccc(F)cc2)c(OC)c1. The summed E-state index contributed by atoms with van der Waals surface area (Å²) in [5, 5.41) is 5.59. The van der Waals surface area contributed by atoms with E-state index < -0.39 is 5.91 Å². The van der Waals surface area contributed by atoms with Crippen molar-refractivity contribution in [1.82, 2.24) is 0 Å². The van der Waals surface area contributed by atoms with Gasteiger partial charge in [0.05, 0.1) is 7.11 Å². The molecule has 0 radical (unpaired) electrons. The number of rotatable bonds is 8. The number of ether oxygens (including phenoxy) is 2. The predicted molar refractivity (Wildman–Crippen MR) is 122 cm³/mol. The van der Waals surface area contributed by atoms with Gasteiger partial charge in [-0.2, -0.15) is 0 Å². The molecule has 0 fully saturated rings. The average molecular weight is 436 g/mol. The Morgan fingerprint density at radius 3 is 2.41 bits per heavy atom. The van der Waals surface area contributed by atoms with Crippen molar-refractivity contribution in [3.8, 4) is 11.5 Å². The fourth-order valence-electron chi connectivity index (χ4n) is 3.19. The number of hydrogen-bond donors (Lipinski definition) is 2. The molecule has 2 amide bonds. The van der Waals surface area contributed by atoms with Crippen molar-refractivity contribution in [2.45, 2.75) is 20.3 Å². The Morgan fingerprint density at radius 1 is 0.969 bits per heavy atom. The molecule has 0 atom stereocenters. The second-order valence-electron chi connectivity index (χ2n) is 7.13. The molecule has 0 spiro atoms. The van der Waals surface area contributed by atoms with Gasteiger partial charge in [-0.05, 0) is 66.9 Å². The predicted octanol–water partition coefficient (Wildman–Crippen LogP) is 4.97. The van der Waals surface area contributed by atoms with Crippen LogP contribution in [-0.2, 0) is 11.2 Å². The van der Waals surface area contributed by atoms with Crippen LogP contribution in [0.2, 0.25) is 0 Å². The Morgan fingerprint density at radius 2 is 1.72 bits per heavy atom. The summed E-state index contributed by atoms with van der Waals surface area (Å²) in [5.41, 5.74) is 3.70. The van der Waals surface area contributed by atoms with Gasteiger partial charge in [-0.15, -0.1) is 0 Å². The standard InChI is InChI=1S/C25H25FN2O4/c1-4-17-7-5-6-16(2)24(17)28-25(30)18-8-13-21(22(14-18)31-3)32-15-23(29)27-20-11-9-19(26)10-12-20/h5-14H,4,15H2,1-3H3,(H,27,29)(H,28,30). The highest BCUT2D eigenvalue weighted by atomic mass is 19.1. The lowest BCUT2D eigenvalue weighted by Gasteiger charge is -2.15. The Balaban J connectivity index is 1.67. The molecule has 0 unspecified atom stereocenters. The zero-order valence-corrected chi connectivity index (χ0v) is 18.2. The van der Waals surface area contributed by atoms with Crippen LogP contribution in [-0.4, -0.2) is 25.5 Å². The quantitative estimate of drug-likeness (QED) is 0.522. The van der Waals surface area contributed by atoms with Gasteiger partial charge in [0.25, 0.3) is 11.8 Å². The fourth-order valence-corrected chi connectivity index (χ4v) is 3.19. The van der Waals surface area contributed by atoms with Gasteiger partial charge >= 0.3 is 0 Å². The summed E-state index contributed by atoms with van der Waals surface area (Å²) in [6.07, 6.45) is 0.799. The molecule has 3 aromatic rings. The first-order chi connectivity index (χ1) is 15.4. The molecular weight excluding hydrogens is 411 g/mol. The van der Waals surface area contributed by atoms with Crippen LogP contribution in [0.1, 0.15) is 28.4 Å². The molecule has 32 heavy (non-hydrogen) atoms. The second kappa shape index (κ2) is 10.4. The summed E-state index contributed by atoms with van der Waals surface area (Å²) in [6, 6.07) is 16.1. The molecule has 0 aliphatic heterocycles. The van der Waals surface area contributed by atoms with E-state index in [1.807, 2.05) is 32.0 Å². The van der Waals surface area contributed by atoms with Gasteiger partial charge in [-0.3, -0.25) is 9.59 Å². The topological polar surface area (TPSA) is 76.7 Å². The number of methoxy groups -OCH3 is 1. The maximum atomic E-state index is 13.0. The largest absolute Gasteiger partial charge is 0.493 e. The Kier molecular flexibility index (Phi) is 7.44. The van der Waals surface area contributed by atoms with Crippen LogP contribution in [0, 0.1) is 12.7 Å². The first-order valence-corrected chi connectivity index (χ1v) is 10.2. The molecule has 0 heterocycles. The summed E-state index contributed by atoms with van der Waals surface area (Å²) in [5.74, 6) is -0.419. The van der Waals surface area contributed by atoms with Crippen LogP contribution in [0.25, 0.3) is 0 Å². The number of aryl methyl sites for hydroxylation is 2. The van der Waals surface area contributed by atoms with Crippen molar-refractivity contribution in [3.05, 3.63) is 83.2 Å². The Bertz CT molecular complexity index is 1110. The number of nitrogens with one attached hydrogen (secondary N) is 2. The van der Waals surface area contributed by atoms with Crippen molar-refractivity contribution in [2.24, 2.45) is 0 Å². The van der Waals surface area contributed by atoms with Crippen LogP contribution in [0.15, 0.2) is 60.7 Å². The van der Waals surface area contributed by atoms with Crippen LogP contribution in [0.4, 0.5) is 15.8 Å². The van der Waals surface area contributed by atoms with Crippen LogP contribution in [0.3, 0.4) is 0 Å². The lowest BCUT2D eigenvalue weighted by Crippen LogP contribution is -2.20. The molecular formula is C25H25FN2O4. The maximum Gasteiger partial charge on any atom is 0.262 e. The number of carbonyl (C=O) groups is 2. The molecule has 2 N–H and O–H groups in total. The van der Waals surface area contributed by atoms with E-state index in [2.05, 4.69) is 10.6 Å². The normalized spacial score (nSPS) is 10.4. The van der Waals surface area contributed by atoms with Crippen molar-refractivity contribution >= 4 is 23.2 Å².